The van der Waals surface area contributed by atoms with Crippen LogP contribution in [0.15, 0.2) is 71.8 Å². The third kappa shape index (κ3) is 4.64. The molecule has 1 aliphatic heterocycles. The van der Waals surface area contributed by atoms with E-state index in [2.05, 4.69) is 25.8 Å². The SMILES string of the molecule is Cc1ccc2c(c1)cc(CN1CCN(c3ncccn3)CC1)c(=O)n2Cc1cccc(F)c1. The largest absolute Gasteiger partial charge is 0.338 e. The van der Waals surface area contributed by atoms with E-state index in [0.29, 0.717) is 13.1 Å². The van der Waals surface area contributed by atoms with Crippen LogP contribution in [-0.2, 0) is 13.1 Å². The first kappa shape index (κ1) is 21.3. The van der Waals surface area contributed by atoms with E-state index >= 15 is 0 Å². The summed E-state index contributed by atoms with van der Waals surface area (Å²) in [4.78, 5) is 26.7. The Hall–Kier alpha value is -3.58. The Bertz CT molecular complexity index is 1330. The number of nitrogens with zero attached hydrogens (tertiary/aromatic N) is 5. The molecule has 4 aromatic rings. The summed E-state index contributed by atoms with van der Waals surface area (Å²) in [6.07, 6.45) is 3.51. The molecule has 5 rings (SSSR count). The van der Waals surface area contributed by atoms with Crippen molar-refractivity contribution in [2.75, 3.05) is 31.1 Å². The Morgan fingerprint density at radius 1 is 0.909 bits per heavy atom. The van der Waals surface area contributed by atoms with Gasteiger partial charge in [-0.25, -0.2) is 14.4 Å². The summed E-state index contributed by atoms with van der Waals surface area (Å²) in [5.41, 5.74) is 3.51. The summed E-state index contributed by atoms with van der Waals surface area (Å²) in [5.74, 6) is 0.452. The van der Waals surface area contributed by atoms with Crippen molar-refractivity contribution in [1.29, 1.82) is 0 Å². The Balaban J connectivity index is 1.42. The van der Waals surface area contributed by atoms with Gasteiger partial charge in [-0.1, -0.05) is 23.8 Å². The zero-order valence-electron chi connectivity index (χ0n) is 18.6. The minimum absolute atomic E-state index is 0.0237. The van der Waals surface area contributed by atoms with Gasteiger partial charge in [0.2, 0.25) is 5.95 Å². The molecule has 2 aromatic carbocycles. The number of fused-ring (bicyclic) bond motifs is 1. The molecular formula is C26H26FN5O. The van der Waals surface area contributed by atoms with Crippen molar-refractivity contribution < 1.29 is 4.39 Å². The van der Waals surface area contributed by atoms with Gasteiger partial charge in [-0.2, -0.15) is 0 Å². The lowest BCUT2D eigenvalue weighted by Crippen LogP contribution is -2.47. The Morgan fingerprint density at radius 2 is 1.70 bits per heavy atom. The monoisotopic (exact) mass is 443 g/mol. The Morgan fingerprint density at radius 3 is 2.45 bits per heavy atom. The minimum Gasteiger partial charge on any atom is -0.338 e. The number of pyridine rings is 1. The molecule has 1 aliphatic rings. The maximum Gasteiger partial charge on any atom is 0.255 e. The van der Waals surface area contributed by atoms with Crippen LogP contribution in [0.2, 0.25) is 0 Å². The summed E-state index contributed by atoms with van der Waals surface area (Å²) in [6, 6.07) is 16.4. The van der Waals surface area contributed by atoms with Crippen LogP contribution in [0.5, 0.6) is 0 Å². The predicted molar refractivity (Wildman–Crippen MR) is 128 cm³/mol. The zero-order valence-corrected chi connectivity index (χ0v) is 18.6. The fraction of sp³-hybridized carbons (Fsp3) is 0.269. The van der Waals surface area contributed by atoms with Crippen molar-refractivity contribution in [3.63, 3.8) is 0 Å². The predicted octanol–water partition coefficient (Wildman–Crippen LogP) is 3.61. The van der Waals surface area contributed by atoms with Crippen LogP contribution >= 0.6 is 0 Å². The molecule has 1 fully saturated rings. The first-order valence-electron chi connectivity index (χ1n) is 11.2. The molecule has 0 aliphatic carbocycles. The minimum atomic E-state index is -0.294. The molecule has 7 heteroatoms. The molecule has 0 amide bonds. The van der Waals surface area contributed by atoms with Crippen LogP contribution in [0.4, 0.5) is 10.3 Å². The number of anilines is 1. The Labute approximate surface area is 191 Å². The van der Waals surface area contributed by atoms with Gasteiger partial charge in [-0.15, -0.1) is 0 Å². The molecule has 0 radical (unpaired) electrons. The second kappa shape index (κ2) is 9.11. The fourth-order valence-electron chi connectivity index (χ4n) is 4.46. The highest BCUT2D eigenvalue weighted by Crippen LogP contribution is 2.19. The van der Waals surface area contributed by atoms with Crippen molar-refractivity contribution in [2.24, 2.45) is 0 Å². The number of halogens is 1. The van der Waals surface area contributed by atoms with Crippen LogP contribution < -0.4 is 10.5 Å². The molecule has 1 saturated heterocycles. The zero-order chi connectivity index (χ0) is 22.8. The first-order valence-corrected chi connectivity index (χ1v) is 11.2. The molecule has 33 heavy (non-hydrogen) atoms. The summed E-state index contributed by atoms with van der Waals surface area (Å²) >= 11 is 0. The molecule has 0 spiro atoms. The molecule has 0 unspecified atom stereocenters. The molecule has 3 heterocycles. The van der Waals surface area contributed by atoms with Gasteiger partial charge in [0.05, 0.1) is 12.1 Å². The first-order chi connectivity index (χ1) is 16.1. The van der Waals surface area contributed by atoms with E-state index in [0.717, 1.165) is 59.7 Å². The normalized spacial score (nSPS) is 14.7. The van der Waals surface area contributed by atoms with E-state index in [1.54, 1.807) is 23.0 Å². The number of aryl methyl sites for hydroxylation is 1. The number of piperazine rings is 1. The van der Waals surface area contributed by atoms with E-state index in [4.69, 9.17) is 0 Å². The maximum absolute atomic E-state index is 13.8. The lowest BCUT2D eigenvalue weighted by atomic mass is 10.1. The van der Waals surface area contributed by atoms with Crippen LogP contribution in [0, 0.1) is 12.7 Å². The van der Waals surface area contributed by atoms with Crippen molar-refractivity contribution in [2.45, 2.75) is 20.0 Å². The number of benzene rings is 2. The number of hydrogen-bond acceptors (Lipinski definition) is 5. The summed E-state index contributed by atoms with van der Waals surface area (Å²) in [5, 5.41) is 1.03. The molecule has 0 bridgehead atoms. The summed E-state index contributed by atoms with van der Waals surface area (Å²) < 4.78 is 15.5. The smallest absolute Gasteiger partial charge is 0.255 e. The van der Waals surface area contributed by atoms with E-state index in [1.807, 2.05) is 37.3 Å². The van der Waals surface area contributed by atoms with Crippen molar-refractivity contribution in [3.05, 3.63) is 99.9 Å². The summed E-state index contributed by atoms with van der Waals surface area (Å²) in [6.45, 7) is 6.24. The van der Waals surface area contributed by atoms with Crippen molar-refractivity contribution in [3.8, 4) is 0 Å². The van der Waals surface area contributed by atoms with Gasteiger partial charge in [0, 0.05) is 50.7 Å². The van der Waals surface area contributed by atoms with Gasteiger partial charge in [-0.05, 0) is 54.3 Å². The molecule has 2 aromatic heterocycles. The van der Waals surface area contributed by atoms with Crippen molar-refractivity contribution >= 4 is 16.9 Å². The average Bonchev–Trinajstić information content (AvgIpc) is 2.83. The quantitative estimate of drug-likeness (QED) is 0.472. The standard InChI is InChI=1S/C26H26FN5O/c1-19-6-7-24-21(14-19)16-22(25(33)32(24)17-20-4-2-5-23(27)15-20)18-30-10-12-31(13-11-30)26-28-8-3-9-29-26/h2-9,14-16H,10-13,17-18H2,1H3. The van der Waals surface area contributed by atoms with E-state index < -0.39 is 0 Å². The van der Waals surface area contributed by atoms with E-state index in [1.165, 1.54) is 12.1 Å². The summed E-state index contributed by atoms with van der Waals surface area (Å²) in [7, 11) is 0. The van der Waals surface area contributed by atoms with Crippen LogP contribution in [-0.4, -0.2) is 45.6 Å². The second-order valence-corrected chi connectivity index (χ2v) is 8.57. The average molecular weight is 444 g/mol. The lowest BCUT2D eigenvalue weighted by Gasteiger charge is -2.34. The maximum atomic E-state index is 13.8. The number of aromatic nitrogens is 3. The van der Waals surface area contributed by atoms with E-state index in [9.17, 15) is 9.18 Å². The number of rotatable bonds is 5. The van der Waals surface area contributed by atoms with Crippen LogP contribution in [0.1, 0.15) is 16.7 Å². The topological polar surface area (TPSA) is 54.3 Å². The molecule has 168 valence electrons. The molecule has 0 atom stereocenters. The van der Waals surface area contributed by atoms with Crippen LogP contribution in [0.3, 0.4) is 0 Å². The highest BCUT2D eigenvalue weighted by molar-refractivity contribution is 5.80. The van der Waals surface area contributed by atoms with E-state index in [-0.39, 0.29) is 11.4 Å². The van der Waals surface area contributed by atoms with Gasteiger partial charge in [0.25, 0.3) is 5.56 Å². The third-order valence-electron chi connectivity index (χ3n) is 6.15. The van der Waals surface area contributed by atoms with Crippen molar-refractivity contribution in [1.82, 2.24) is 19.4 Å². The number of hydrogen-bond donors (Lipinski definition) is 0. The van der Waals surface area contributed by atoms with Crippen LogP contribution in [0.25, 0.3) is 10.9 Å². The van der Waals surface area contributed by atoms with Gasteiger partial charge < -0.3 is 9.47 Å². The van der Waals surface area contributed by atoms with Gasteiger partial charge in [-0.3, -0.25) is 9.69 Å². The fourth-order valence-corrected chi connectivity index (χ4v) is 4.46. The second-order valence-electron chi connectivity index (χ2n) is 8.57. The van der Waals surface area contributed by atoms with Gasteiger partial charge in [0.1, 0.15) is 5.82 Å². The molecule has 0 saturated carbocycles. The lowest BCUT2D eigenvalue weighted by molar-refractivity contribution is 0.247. The molecular weight excluding hydrogens is 417 g/mol. The Kier molecular flexibility index (Phi) is 5.88. The van der Waals surface area contributed by atoms with Gasteiger partial charge >= 0.3 is 0 Å². The highest BCUT2D eigenvalue weighted by atomic mass is 19.1. The third-order valence-corrected chi connectivity index (χ3v) is 6.15. The molecule has 0 N–H and O–H groups in total. The highest BCUT2D eigenvalue weighted by Gasteiger charge is 2.20. The van der Waals surface area contributed by atoms with Gasteiger partial charge in [0.15, 0.2) is 0 Å². The molecule has 6 nitrogen and oxygen atoms in total.